The number of aromatic nitrogens is 1. The maximum Gasteiger partial charge on any atom is 0.417 e. The number of nitrogens with two attached hydrogens (primary N) is 1. The average Bonchev–Trinajstić information content (AvgIpc) is 2.76. The number of carbonyl (C=O) groups is 1. The lowest BCUT2D eigenvalue weighted by molar-refractivity contribution is -0.137. The number of benzene rings is 1. The molecule has 2 aromatic rings. The summed E-state index contributed by atoms with van der Waals surface area (Å²) < 4.78 is 65.5. The van der Waals surface area contributed by atoms with Crippen molar-refractivity contribution >= 4 is 27.4 Å². The predicted molar refractivity (Wildman–Crippen MR) is 121 cm³/mol. The molecule has 1 aromatic heterocycles. The summed E-state index contributed by atoms with van der Waals surface area (Å²) in [6.07, 6.45) is -2.29. The van der Waals surface area contributed by atoms with Gasteiger partial charge in [0.25, 0.3) is 0 Å². The topological polar surface area (TPSA) is 109 Å². The number of amides is 1. The van der Waals surface area contributed by atoms with E-state index in [0.717, 1.165) is 18.0 Å². The van der Waals surface area contributed by atoms with Gasteiger partial charge in [0, 0.05) is 56.4 Å². The molecule has 34 heavy (non-hydrogen) atoms. The quantitative estimate of drug-likeness (QED) is 0.609. The fourth-order valence-electron chi connectivity index (χ4n) is 4.27. The van der Waals surface area contributed by atoms with E-state index in [1.54, 1.807) is 24.3 Å². The molecule has 1 aromatic carbocycles. The van der Waals surface area contributed by atoms with E-state index in [9.17, 15) is 26.4 Å². The van der Waals surface area contributed by atoms with Crippen molar-refractivity contribution in [3.63, 3.8) is 0 Å². The zero-order valence-corrected chi connectivity index (χ0v) is 19.1. The van der Waals surface area contributed by atoms with Crippen molar-refractivity contribution in [3.8, 4) is 0 Å². The Balaban J connectivity index is 1.30. The third-order valence-corrected chi connectivity index (χ3v) is 8.10. The molecule has 1 amide bonds. The minimum atomic E-state index is -4.44. The number of hydrogen-bond donors (Lipinski definition) is 2. The maximum atomic E-state index is 13.0. The Morgan fingerprint density at radius 2 is 1.74 bits per heavy atom. The number of alkyl halides is 3. The van der Waals surface area contributed by atoms with Crippen molar-refractivity contribution < 1.29 is 26.4 Å². The van der Waals surface area contributed by atoms with Gasteiger partial charge in [-0.05, 0) is 49.2 Å². The Hall–Kier alpha value is -2.86. The van der Waals surface area contributed by atoms with Crippen molar-refractivity contribution in [3.05, 3.63) is 48.2 Å². The molecule has 0 atom stereocenters. The lowest BCUT2D eigenvalue weighted by atomic mass is 9.95. The Morgan fingerprint density at radius 3 is 2.26 bits per heavy atom. The molecule has 4 rings (SSSR count). The normalized spacial score (nSPS) is 18.5. The summed E-state index contributed by atoms with van der Waals surface area (Å²) in [5, 5.41) is 3.08. The van der Waals surface area contributed by atoms with Crippen molar-refractivity contribution in [1.29, 1.82) is 0 Å². The molecule has 8 nitrogen and oxygen atoms in total. The standard InChI is InChI=1S/C22H26F3N5O3S/c23-22(24,25)16-1-6-21(27-12-16)28-17-7-9-30(10-8-17)34(32,33)19-4-2-18(3-5-19)29-13-15(14-29)11-20(26)31/h1-6,12,15,17H,7-11,13-14H2,(H2,26,31)(H,27,28). The first kappa shape index (κ1) is 24.3. The predicted octanol–water partition coefficient (Wildman–Crippen LogP) is 2.68. The number of nitrogens with zero attached hydrogens (tertiary/aromatic N) is 3. The summed E-state index contributed by atoms with van der Waals surface area (Å²) in [5.41, 5.74) is 5.30. The molecule has 2 aliphatic heterocycles. The zero-order chi connectivity index (χ0) is 24.5. The molecule has 0 saturated carbocycles. The van der Waals surface area contributed by atoms with Gasteiger partial charge < -0.3 is 16.0 Å². The highest BCUT2D eigenvalue weighted by atomic mass is 32.2. The van der Waals surface area contributed by atoms with Gasteiger partial charge in [-0.25, -0.2) is 13.4 Å². The second-order valence-corrected chi connectivity index (χ2v) is 10.6. The highest BCUT2D eigenvalue weighted by Gasteiger charge is 2.32. The first-order chi connectivity index (χ1) is 16.0. The first-order valence-corrected chi connectivity index (χ1v) is 12.4. The van der Waals surface area contributed by atoms with Crippen molar-refractivity contribution in [2.75, 3.05) is 36.4 Å². The summed E-state index contributed by atoms with van der Waals surface area (Å²) in [7, 11) is -3.65. The molecule has 2 saturated heterocycles. The molecule has 0 bridgehead atoms. The number of sulfonamides is 1. The van der Waals surface area contributed by atoms with E-state index in [0.29, 0.717) is 51.3 Å². The van der Waals surface area contributed by atoms with Gasteiger partial charge >= 0.3 is 6.18 Å². The molecule has 12 heteroatoms. The lowest BCUT2D eigenvalue weighted by Crippen LogP contribution is -2.48. The number of anilines is 2. The molecule has 2 aliphatic rings. The lowest BCUT2D eigenvalue weighted by Gasteiger charge is -2.40. The number of piperidine rings is 1. The SMILES string of the molecule is NC(=O)CC1CN(c2ccc(S(=O)(=O)N3CCC(Nc4ccc(C(F)(F)F)cn4)CC3)cc2)C1. The number of rotatable bonds is 7. The number of carbonyl (C=O) groups excluding carboxylic acids is 1. The summed E-state index contributed by atoms with van der Waals surface area (Å²) in [4.78, 5) is 17.1. The maximum absolute atomic E-state index is 13.0. The Morgan fingerprint density at radius 1 is 1.09 bits per heavy atom. The van der Waals surface area contributed by atoms with Crippen LogP contribution in [0.3, 0.4) is 0 Å². The van der Waals surface area contributed by atoms with E-state index in [1.807, 2.05) is 0 Å². The third kappa shape index (κ3) is 5.44. The molecule has 3 N–H and O–H groups in total. The van der Waals surface area contributed by atoms with Gasteiger partial charge in [0.2, 0.25) is 15.9 Å². The van der Waals surface area contributed by atoms with Crippen LogP contribution in [-0.4, -0.2) is 55.8 Å². The van der Waals surface area contributed by atoms with E-state index in [-0.39, 0.29) is 22.8 Å². The molecule has 0 unspecified atom stereocenters. The smallest absolute Gasteiger partial charge is 0.371 e. The van der Waals surface area contributed by atoms with Crippen LogP contribution in [0.25, 0.3) is 0 Å². The van der Waals surface area contributed by atoms with E-state index in [1.165, 1.54) is 10.4 Å². The summed E-state index contributed by atoms with van der Waals surface area (Å²) in [5.74, 6) is 0.239. The van der Waals surface area contributed by atoms with Gasteiger partial charge in [-0.3, -0.25) is 4.79 Å². The van der Waals surface area contributed by atoms with Crippen LogP contribution >= 0.6 is 0 Å². The van der Waals surface area contributed by atoms with Crippen LogP contribution in [-0.2, 0) is 21.0 Å². The Labute approximate surface area is 196 Å². The Kier molecular flexibility index (Phi) is 6.72. The van der Waals surface area contributed by atoms with Gasteiger partial charge in [0.1, 0.15) is 5.82 Å². The minimum Gasteiger partial charge on any atom is -0.371 e. The summed E-state index contributed by atoms with van der Waals surface area (Å²) >= 11 is 0. The number of pyridine rings is 1. The molecule has 3 heterocycles. The third-order valence-electron chi connectivity index (χ3n) is 6.18. The van der Waals surface area contributed by atoms with E-state index in [2.05, 4.69) is 15.2 Å². The average molecular weight is 498 g/mol. The highest BCUT2D eigenvalue weighted by molar-refractivity contribution is 7.89. The molecular weight excluding hydrogens is 471 g/mol. The van der Waals surface area contributed by atoms with E-state index >= 15 is 0 Å². The summed E-state index contributed by atoms with van der Waals surface area (Å²) in [6, 6.07) is 8.86. The Bertz CT molecular complexity index is 1110. The van der Waals surface area contributed by atoms with Crippen molar-refractivity contribution in [1.82, 2.24) is 9.29 Å². The molecule has 0 radical (unpaired) electrons. The van der Waals surface area contributed by atoms with Crippen molar-refractivity contribution in [2.45, 2.75) is 36.4 Å². The number of hydrogen-bond acceptors (Lipinski definition) is 6. The molecule has 0 aliphatic carbocycles. The molecule has 2 fully saturated rings. The monoisotopic (exact) mass is 497 g/mol. The minimum absolute atomic E-state index is 0.0853. The molecular formula is C22H26F3N5O3S. The number of primary amides is 1. The van der Waals surface area contributed by atoms with Crippen LogP contribution in [0, 0.1) is 5.92 Å². The van der Waals surface area contributed by atoms with Crippen LogP contribution in [0.15, 0.2) is 47.5 Å². The van der Waals surface area contributed by atoms with Crippen LogP contribution in [0.1, 0.15) is 24.8 Å². The fraction of sp³-hybridized carbons (Fsp3) is 0.455. The molecule has 0 spiro atoms. The van der Waals surface area contributed by atoms with Gasteiger partial charge in [0.15, 0.2) is 0 Å². The zero-order valence-electron chi connectivity index (χ0n) is 18.3. The second-order valence-electron chi connectivity index (χ2n) is 8.69. The highest BCUT2D eigenvalue weighted by Crippen LogP contribution is 2.30. The molecule has 184 valence electrons. The van der Waals surface area contributed by atoms with E-state index in [4.69, 9.17) is 5.73 Å². The first-order valence-electron chi connectivity index (χ1n) is 11.0. The van der Waals surface area contributed by atoms with Crippen LogP contribution in [0.4, 0.5) is 24.7 Å². The second kappa shape index (κ2) is 9.41. The van der Waals surface area contributed by atoms with Crippen LogP contribution < -0.4 is 16.0 Å². The van der Waals surface area contributed by atoms with Crippen molar-refractivity contribution in [2.24, 2.45) is 11.7 Å². The number of halogens is 3. The largest absolute Gasteiger partial charge is 0.417 e. The number of nitrogens with one attached hydrogen (secondary N) is 1. The van der Waals surface area contributed by atoms with Crippen LogP contribution in [0.5, 0.6) is 0 Å². The van der Waals surface area contributed by atoms with Gasteiger partial charge in [-0.15, -0.1) is 0 Å². The van der Waals surface area contributed by atoms with Gasteiger partial charge in [-0.2, -0.15) is 17.5 Å². The van der Waals surface area contributed by atoms with Gasteiger partial charge in [0.05, 0.1) is 10.5 Å². The van der Waals surface area contributed by atoms with E-state index < -0.39 is 21.8 Å². The van der Waals surface area contributed by atoms with Crippen LogP contribution in [0.2, 0.25) is 0 Å². The summed E-state index contributed by atoms with van der Waals surface area (Å²) in [6.45, 7) is 2.01. The van der Waals surface area contributed by atoms with Gasteiger partial charge in [-0.1, -0.05) is 0 Å². The fourth-order valence-corrected chi connectivity index (χ4v) is 5.74.